The number of nitrogens with zero attached hydrogens (tertiary/aromatic N) is 3. The van der Waals surface area contributed by atoms with Gasteiger partial charge in [-0.1, -0.05) is 13.8 Å². The van der Waals surface area contributed by atoms with Crippen LogP contribution in [-0.2, 0) is 53.7 Å². The number of rotatable bonds is 10. The van der Waals surface area contributed by atoms with E-state index in [2.05, 4.69) is 15.3 Å². The number of alkyl halides is 12. The number of hydrogen-bond acceptors (Lipinski definition) is 7. The van der Waals surface area contributed by atoms with Gasteiger partial charge in [0.25, 0.3) is 0 Å². The molecule has 0 amide bonds. The highest BCUT2D eigenvalue weighted by atomic mass is 19.4. The number of aromatic nitrogens is 5. The topological polar surface area (TPSA) is 141 Å². The Balaban J connectivity index is 1.43. The lowest BCUT2D eigenvalue weighted by molar-refractivity contribution is -0.144. The molecule has 0 spiro atoms. The van der Waals surface area contributed by atoms with Gasteiger partial charge >= 0.3 is 30.7 Å². The Morgan fingerprint density at radius 2 is 1.27 bits per heavy atom. The molecule has 3 aliphatic heterocycles. The summed E-state index contributed by atoms with van der Waals surface area (Å²) >= 11 is 0. The van der Waals surface area contributed by atoms with Gasteiger partial charge in [0.15, 0.2) is 0 Å². The molecular weight excluding hydrogens is 1000 g/mol. The highest BCUT2D eigenvalue weighted by molar-refractivity contribution is 6.04. The Morgan fingerprint density at radius 1 is 0.716 bits per heavy atom. The minimum atomic E-state index is -5.21. The van der Waals surface area contributed by atoms with Crippen LogP contribution in [0, 0.1) is 20.8 Å². The van der Waals surface area contributed by atoms with Crippen molar-refractivity contribution in [3.8, 4) is 23.0 Å². The van der Waals surface area contributed by atoms with Crippen molar-refractivity contribution in [3.05, 3.63) is 127 Å². The van der Waals surface area contributed by atoms with Gasteiger partial charge in [-0.3, -0.25) is 14.3 Å². The van der Waals surface area contributed by atoms with E-state index in [1.165, 1.54) is 7.11 Å². The van der Waals surface area contributed by atoms with E-state index < -0.39 is 89.4 Å². The minimum absolute atomic E-state index is 0.00105. The molecule has 0 saturated carbocycles. The Morgan fingerprint density at radius 3 is 1.81 bits per heavy atom. The molecule has 5 aromatic rings. The summed E-state index contributed by atoms with van der Waals surface area (Å²) in [6.07, 6.45) is -20.2. The van der Waals surface area contributed by atoms with E-state index in [4.69, 9.17) is 14.7 Å². The smallest absolute Gasteiger partial charge is 0.416 e. The summed E-state index contributed by atoms with van der Waals surface area (Å²) < 4.78 is 173. The lowest BCUT2D eigenvalue weighted by Gasteiger charge is -2.20. The van der Waals surface area contributed by atoms with Gasteiger partial charge in [-0.15, -0.1) is 0 Å². The molecule has 3 aliphatic rings. The van der Waals surface area contributed by atoms with Crippen molar-refractivity contribution in [2.24, 2.45) is 0 Å². The van der Waals surface area contributed by atoms with Gasteiger partial charge < -0.3 is 30.2 Å². The third-order valence-corrected chi connectivity index (χ3v) is 14.0. The second-order valence-corrected chi connectivity index (χ2v) is 18.7. The maximum absolute atomic E-state index is 14.1. The number of ether oxygens (including phenoxy) is 1. The first-order valence-electron chi connectivity index (χ1n) is 23.2. The SMILES string of the molecule is CC[C@H]1c2cc3nc4c(c(O)n(Cc5cc(C(F)(F)F)cc(C(F)(F)F)c5)c(O)c-4c3C)c3[nH]c(cc4[nH]c(cc(n2)[C@@H]1C)c(C(C)NCc1cc(C(F)(F)F)cc(C(F)(F)F)c1)c4C)c(C)c3CCC(=O)OC. The highest BCUT2D eigenvalue weighted by Crippen LogP contribution is 2.48. The van der Waals surface area contributed by atoms with Crippen LogP contribution in [0.3, 0.4) is 0 Å². The Hall–Kier alpha value is -6.97. The third-order valence-electron chi connectivity index (χ3n) is 14.0. The molecule has 8 bridgehead atoms. The zero-order valence-corrected chi connectivity index (χ0v) is 40.6. The molecule has 2 aromatic carbocycles. The fourth-order valence-electron chi connectivity index (χ4n) is 10.0. The maximum atomic E-state index is 14.1. The molecule has 0 fully saturated rings. The number of esters is 1. The molecule has 3 aromatic heterocycles. The van der Waals surface area contributed by atoms with Crippen molar-refractivity contribution in [2.45, 2.75) is 116 Å². The van der Waals surface area contributed by atoms with Crippen LogP contribution in [0.1, 0.15) is 124 Å². The second kappa shape index (κ2) is 19.1. The fourth-order valence-corrected chi connectivity index (χ4v) is 10.0. The van der Waals surface area contributed by atoms with E-state index >= 15 is 0 Å². The summed E-state index contributed by atoms with van der Waals surface area (Å²) in [7, 11) is 1.18. The van der Waals surface area contributed by atoms with Crippen LogP contribution >= 0.6 is 0 Å². The minimum Gasteiger partial charge on any atom is -0.494 e. The van der Waals surface area contributed by atoms with Gasteiger partial charge in [0.05, 0.1) is 63.6 Å². The number of H-pyrrole nitrogens is 2. The van der Waals surface area contributed by atoms with Crippen molar-refractivity contribution in [1.29, 1.82) is 0 Å². The zero-order chi connectivity index (χ0) is 54.3. The van der Waals surface area contributed by atoms with Crippen molar-refractivity contribution in [1.82, 2.24) is 29.8 Å². The number of aryl methyl sites for hydroxylation is 4. The summed E-state index contributed by atoms with van der Waals surface area (Å²) in [6.45, 7) is 9.29. The maximum Gasteiger partial charge on any atom is 0.416 e. The largest absolute Gasteiger partial charge is 0.494 e. The molecule has 74 heavy (non-hydrogen) atoms. The number of pyridine rings is 1. The van der Waals surface area contributed by atoms with Crippen LogP contribution in [0.15, 0.2) is 54.6 Å². The molecule has 8 rings (SSSR count). The predicted octanol–water partition coefficient (Wildman–Crippen LogP) is 14.2. The molecule has 1 unspecified atom stereocenters. The van der Waals surface area contributed by atoms with Crippen LogP contribution in [-0.4, -0.2) is 47.8 Å². The highest BCUT2D eigenvalue weighted by Gasteiger charge is 2.39. The first kappa shape index (κ1) is 53.3. The van der Waals surface area contributed by atoms with Gasteiger partial charge in [0.1, 0.15) is 0 Å². The molecule has 10 nitrogen and oxygen atoms in total. The number of benzene rings is 2. The molecular formula is C52H48F12N6O4. The number of methoxy groups -OCH3 is 1. The number of carbonyl (C=O) groups is 1. The van der Waals surface area contributed by atoms with E-state index in [0.717, 1.165) is 4.57 Å². The van der Waals surface area contributed by atoms with Gasteiger partial charge in [-0.25, -0.2) is 4.98 Å². The number of aromatic amines is 2. The normalized spacial score (nSPS) is 15.7. The summed E-state index contributed by atoms with van der Waals surface area (Å²) in [4.78, 5) is 29.4. The van der Waals surface area contributed by atoms with Gasteiger partial charge in [0.2, 0.25) is 11.8 Å². The Labute approximate surface area is 414 Å². The van der Waals surface area contributed by atoms with E-state index in [1.54, 1.807) is 39.8 Å². The van der Waals surface area contributed by atoms with Gasteiger partial charge in [-0.2, -0.15) is 52.7 Å². The molecule has 0 radical (unpaired) electrons. The van der Waals surface area contributed by atoms with Crippen LogP contribution in [0.5, 0.6) is 11.8 Å². The van der Waals surface area contributed by atoms with Crippen LogP contribution < -0.4 is 5.32 Å². The van der Waals surface area contributed by atoms with E-state index in [9.17, 15) is 67.7 Å². The molecule has 394 valence electrons. The molecule has 22 heteroatoms. The van der Waals surface area contributed by atoms with Crippen LogP contribution in [0.4, 0.5) is 52.7 Å². The lowest BCUT2D eigenvalue weighted by atomic mass is 9.89. The summed E-state index contributed by atoms with van der Waals surface area (Å²) in [6, 6.07) is 6.73. The van der Waals surface area contributed by atoms with E-state index in [-0.39, 0.29) is 70.1 Å². The van der Waals surface area contributed by atoms with Crippen molar-refractivity contribution < 1.29 is 72.4 Å². The van der Waals surface area contributed by atoms with E-state index in [0.29, 0.717) is 86.4 Å². The number of hydrogen-bond donors (Lipinski definition) is 5. The zero-order valence-electron chi connectivity index (χ0n) is 40.6. The standard InChI is InChI=1S/C52H48F12N6O4/c1-8-33-22(2)35-19-40-42(26(6)65-20-27-11-29(49(53,54)55)15-30(12-27)50(56,57)58)24(4)37(67-40)17-36-23(3)34(9-10-41(71)74-7)45(68-36)44-46-43(25(5)38(69-46)18-39(33)66-35)47(72)70(48(44)73)21-28-13-31(51(59,60)61)16-32(14-28)52(62,63)64/h11-19,22,26,33,65,67-68,72-73H,8-10,20-21H2,1-7H3/t22-,26?,33-/m1/s1. The summed E-state index contributed by atoms with van der Waals surface area (Å²) in [5, 5.41) is 27.4. The van der Waals surface area contributed by atoms with Crippen molar-refractivity contribution >= 4 is 38.9 Å². The monoisotopic (exact) mass is 1050 g/mol. The number of fused-ring (bicyclic) bond motifs is 8. The quantitative estimate of drug-likeness (QED) is 0.0678. The number of aromatic hydroxyl groups is 2. The molecule has 0 aliphatic carbocycles. The Bertz CT molecular complexity index is 3370. The molecule has 0 saturated heterocycles. The van der Waals surface area contributed by atoms with Gasteiger partial charge in [0, 0.05) is 58.8 Å². The molecule has 6 heterocycles. The first-order valence-corrected chi connectivity index (χ1v) is 23.2. The number of carbonyl (C=O) groups excluding carboxylic acids is 1. The average molecular weight is 1050 g/mol. The second-order valence-electron chi connectivity index (χ2n) is 18.7. The van der Waals surface area contributed by atoms with Crippen molar-refractivity contribution in [2.75, 3.05) is 7.11 Å². The predicted molar refractivity (Wildman–Crippen MR) is 251 cm³/mol. The molecule has 3 atom stereocenters. The van der Waals surface area contributed by atoms with Crippen LogP contribution in [0.2, 0.25) is 0 Å². The van der Waals surface area contributed by atoms with E-state index in [1.807, 2.05) is 19.9 Å². The first-order chi connectivity index (χ1) is 34.4. The van der Waals surface area contributed by atoms with Gasteiger partial charge in [-0.05, 0) is 134 Å². The Kier molecular flexibility index (Phi) is 13.7. The number of nitrogens with one attached hydrogen (secondary N) is 3. The third kappa shape index (κ3) is 10.0. The summed E-state index contributed by atoms with van der Waals surface area (Å²) in [5.41, 5.74) is -1.85. The lowest BCUT2D eigenvalue weighted by Crippen LogP contribution is -2.20. The average Bonchev–Trinajstić information content (AvgIpc) is 4.00. The number of halogens is 12. The van der Waals surface area contributed by atoms with Crippen molar-refractivity contribution in [3.63, 3.8) is 0 Å². The van der Waals surface area contributed by atoms with Crippen LogP contribution in [0.25, 0.3) is 44.2 Å². The molecule has 5 N–H and O–H groups in total. The summed E-state index contributed by atoms with van der Waals surface area (Å²) in [5.74, 6) is -2.66. The fraction of sp³-hybridized carbons (Fsp3) is 0.365.